The second-order valence-electron chi connectivity index (χ2n) is 12.4. The highest BCUT2D eigenvalue weighted by Gasteiger charge is 2.42. The summed E-state index contributed by atoms with van der Waals surface area (Å²) in [6.45, 7) is 16.9. The maximum Gasteiger partial charge on any atom is 0.413 e. The lowest BCUT2D eigenvalue weighted by Gasteiger charge is -2.37. The number of hydrogen-bond acceptors (Lipinski definition) is 6. The molecule has 0 radical (unpaired) electrons. The topological polar surface area (TPSA) is 94.6 Å². The van der Waals surface area contributed by atoms with E-state index in [1.807, 2.05) is 6.07 Å². The van der Waals surface area contributed by atoms with E-state index in [1.165, 1.54) is 0 Å². The van der Waals surface area contributed by atoms with Crippen molar-refractivity contribution in [3.05, 3.63) is 42.5 Å². The first-order valence-electron chi connectivity index (χ1n) is 12.9. The van der Waals surface area contributed by atoms with Gasteiger partial charge in [0.2, 0.25) is 0 Å². The van der Waals surface area contributed by atoms with Gasteiger partial charge in [0.1, 0.15) is 11.4 Å². The number of benzene rings is 1. The summed E-state index contributed by atoms with van der Waals surface area (Å²) in [4.78, 5) is 16.9. The Bertz CT molecular complexity index is 1200. The number of anilines is 1. The van der Waals surface area contributed by atoms with Gasteiger partial charge in [-0.2, -0.15) is 0 Å². The van der Waals surface area contributed by atoms with E-state index in [1.54, 1.807) is 57.2 Å². The van der Waals surface area contributed by atoms with Crippen molar-refractivity contribution in [2.24, 2.45) is 5.92 Å². The largest absolute Gasteiger partial charge is 0.444 e. The summed E-state index contributed by atoms with van der Waals surface area (Å²) in [5.41, 5.74) is 0.771. The lowest BCUT2D eigenvalue weighted by atomic mass is 10.1. The Balaban J connectivity index is 1.73. The van der Waals surface area contributed by atoms with Crippen molar-refractivity contribution in [3.8, 4) is 11.3 Å². The molecule has 204 valence electrons. The number of carbonyl (C=O) groups is 1. The summed E-state index contributed by atoms with van der Waals surface area (Å²) in [5.74, 6) is 0.370. The van der Waals surface area contributed by atoms with Crippen LogP contribution < -0.4 is 5.32 Å². The molecular weight excluding hydrogens is 504 g/mol. The third kappa shape index (κ3) is 7.42. The molecular formula is C28H42N2O5SSi. The standard InChI is InChI=1S/C28H42N2O5SSi/c1-27(2,3)35-26(31)30-25-14-10-12-23(29-25)20-15-17-22(18-16-20)36(32,33)24-13-9-11-21(24)19-34-37(7,8)28(4,5)6/h10,12,14-18,21,24H,9,11,13,19H2,1-8H3,(H,29,30,31)/t21-,24?/m1/s1. The molecule has 2 aromatic rings. The minimum absolute atomic E-state index is 0.0103. The lowest BCUT2D eigenvalue weighted by Crippen LogP contribution is -2.43. The number of hydrogen-bond donors (Lipinski definition) is 1. The molecule has 1 aliphatic rings. The zero-order chi connectivity index (χ0) is 27.6. The van der Waals surface area contributed by atoms with E-state index in [2.05, 4.69) is 44.2 Å². The number of amides is 1. The highest BCUT2D eigenvalue weighted by atomic mass is 32.2. The molecule has 3 rings (SSSR count). The lowest BCUT2D eigenvalue weighted by molar-refractivity contribution is 0.0635. The van der Waals surface area contributed by atoms with Crippen LogP contribution in [0.4, 0.5) is 10.6 Å². The van der Waals surface area contributed by atoms with Crippen LogP contribution in [-0.4, -0.2) is 45.3 Å². The van der Waals surface area contributed by atoms with Crippen LogP contribution in [0.15, 0.2) is 47.4 Å². The Morgan fingerprint density at radius 1 is 1.03 bits per heavy atom. The number of aromatic nitrogens is 1. The summed E-state index contributed by atoms with van der Waals surface area (Å²) in [6, 6.07) is 12.1. The van der Waals surface area contributed by atoms with Gasteiger partial charge in [0.25, 0.3) is 0 Å². The van der Waals surface area contributed by atoms with Gasteiger partial charge in [-0.3, -0.25) is 5.32 Å². The first-order chi connectivity index (χ1) is 17.0. The molecule has 1 heterocycles. The van der Waals surface area contributed by atoms with Gasteiger partial charge in [0, 0.05) is 12.2 Å². The minimum atomic E-state index is -3.49. The van der Waals surface area contributed by atoms with E-state index in [-0.39, 0.29) is 11.0 Å². The fraction of sp³-hybridized carbons (Fsp3) is 0.571. The Labute approximate surface area is 223 Å². The molecule has 1 aromatic heterocycles. The number of nitrogens with zero attached hydrogens (tertiary/aromatic N) is 1. The molecule has 0 aliphatic heterocycles. The Hall–Kier alpha value is -2.23. The fourth-order valence-electron chi connectivity index (χ4n) is 4.20. The molecule has 1 amide bonds. The van der Waals surface area contributed by atoms with Gasteiger partial charge in [-0.15, -0.1) is 0 Å². The molecule has 1 N–H and O–H groups in total. The van der Waals surface area contributed by atoms with Crippen LogP contribution in [0.25, 0.3) is 11.3 Å². The van der Waals surface area contributed by atoms with E-state index in [0.717, 1.165) is 18.4 Å². The molecule has 1 aliphatic carbocycles. The van der Waals surface area contributed by atoms with Crippen molar-refractivity contribution in [3.63, 3.8) is 0 Å². The van der Waals surface area contributed by atoms with Crippen molar-refractivity contribution in [1.29, 1.82) is 0 Å². The zero-order valence-electron chi connectivity index (χ0n) is 23.4. The summed E-state index contributed by atoms with van der Waals surface area (Å²) < 4.78 is 38.9. The van der Waals surface area contributed by atoms with Crippen LogP contribution in [0.5, 0.6) is 0 Å². The first kappa shape index (κ1) is 29.3. The van der Waals surface area contributed by atoms with E-state index in [0.29, 0.717) is 29.4 Å². The van der Waals surface area contributed by atoms with Crippen LogP contribution >= 0.6 is 0 Å². The van der Waals surface area contributed by atoms with Crippen LogP contribution in [0, 0.1) is 5.92 Å². The predicted octanol–water partition coefficient (Wildman–Crippen LogP) is 7.06. The van der Waals surface area contributed by atoms with E-state index >= 15 is 0 Å². The number of sulfone groups is 1. The minimum Gasteiger partial charge on any atom is -0.444 e. The molecule has 1 unspecified atom stereocenters. The van der Waals surface area contributed by atoms with Gasteiger partial charge >= 0.3 is 6.09 Å². The Morgan fingerprint density at radius 3 is 2.27 bits per heavy atom. The molecule has 1 aromatic carbocycles. The Morgan fingerprint density at radius 2 is 1.68 bits per heavy atom. The second kappa shape index (κ2) is 10.9. The van der Waals surface area contributed by atoms with Crippen LogP contribution in [0.3, 0.4) is 0 Å². The highest BCUT2D eigenvalue weighted by molar-refractivity contribution is 7.92. The third-order valence-corrected chi connectivity index (χ3v) is 14.2. The number of nitrogens with one attached hydrogen (secondary N) is 1. The monoisotopic (exact) mass is 546 g/mol. The molecule has 37 heavy (non-hydrogen) atoms. The maximum absolute atomic E-state index is 13.6. The van der Waals surface area contributed by atoms with Crippen molar-refractivity contribution in [1.82, 2.24) is 4.98 Å². The average molecular weight is 547 g/mol. The predicted molar refractivity (Wildman–Crippen MR) is 151 cm³/mol. The summed E-state index contributed by atoms with van der Waals surface area (Å²) in [6.07, 6.45) is 1.85. The summed E-state index contributed by atoms with van der Waals surface area (Å²) >= 11 is 0. The van der Waals surface area contributed by atoms with Gasteiger partial charge in [0.05, 0.1) is 15.8 Å². The van der Waals surface area contributed by atoms with Gasteiger partial charge in [-0.05, 0) is 81.9 Å². The number of rotatable bonds is 7. The van der Waals surface area contributed by atoms with Gasteiger partial charge in [-0.1, -0.05) is 45.4 Å². The highest BCUT2D eigenvalue weighted by Crippen LogP contribution is 2.40. The van der Waals surface area contributed by atoms with Gasteiger partial charge < -0.3 is 9.16 Å². The molecule has 0 saturated heterocycles. The number of carbonyl (C=O) groups excluding carboxylic acids is 1. The van der Waals surface area contributed by atoms with Gasteiger partial charge in [0.15, 0.2) is 18.2 Å². The van der Waals surface area contributed by atoms with Crippen molar-refractivity contribution < 1.29 is 22.4 Å². The molecule has 9 heteroatoms. The molecule has 0 spiro atoms. The van der Waals surface area contributed by atoms with Crippen LogP contribution in [0.2, 0.25) is 18.1 Å². The quantitative estimate of drug-likeness (QED) is 0.374. The molecule has 7 nitrogen and oxygen atoms in total. The number of pyridine rings is 1. The molecule has 1 fully saturated rings. The smallest absolute Gasteiger partial charge is 0.413 e. The molecule has 1 saturated carbocycles. The van der Waals surface area contributed by atoms with E-state index in [4.69, 9.17) is 9.16 Å². The first-order valence-corrected chi connectivity index (χ1v) is 17.4. The normalized spacial score (nSPS) is 19.0. The van der Waals surface area contributed by atoms with Gasteiger partial charge in [-0.25, -0.2) is 18.2 Å². The third-order valence-electron chi connectivity index (χ3n) is 7.31. The summed E-state index contributed by atoms with van der Waals surface area (Å²) in [7, 11) is -5.44. The SMILES string of the molecule is CC(C)(C)OC(=O)Nc1cccc(-c2ccc(S(=O)(=O)C3CCC[C@@H]3CO[Si](C)(C)C(C)(C)C)cc2)n1. The summed E-state index contributed by atoms with van der Waals surface area (Å²) in [5, 5.41) is 2.30. The van der Waals surface area contributed by atoms with E-state index < -0.39 is 35.1 Å². The average Bonchev–Trinajstić information content (AvgIpc) is 3.26. The van der Waals surface area contributed by atoms with Crippen molar-refractivity contribution in [2.45, 2.75) is 94.7 Å². The number of ether oxygens (including phenoxy) is 1. The molecule has 2 atom stereocenters. The van der Waals surface area contributed by atoms with Crippen molar-refractivity contribution in [2.75, 3.05) is 11.9 Å². The van der Waals surface area contributed by atoms with Crippen molar-refractivity contribution >= 4 is 30.1 Å². The Kier molecular flexibility index (Phi) is 8.61. The fourth-order valence-corrected chi connectivity index (χ4v) is 7.32. The second-order valence-corrected chi connectivity index (χ2v) is 19.4. The van der Waals surface area contributed by atoms with Crippen LogP contribution in [-0.2, 0) is 19.0 Å². The van der Waals surface area contributed by atoms with E-state index in [9.17, 15) is 13.2 Å². The zero-order valence-corrected chi connectivity index (χ0v) is 25.2. The van der Waals surface area contributed by atoms with Crippen LogP contribution in [0.1, 0.15) is 60.8 Å². The molecule has 0 bridgehead atoms. The maximum atomic E-state index is 13.6.